The molecule has 3 nitrogen and oxygen atoms in total. The van der Waals surface area contributed by atoms with Gasteiger partial charge in [0.15, 0.2) is 5.78 Å². The van der Waals surface area contributed by atoms with E-state index in [0.29, 0.717) is 12.3 Å². The van der Waals surface area contributed by atoms with Crippen molar-refractivity contribution < 1.29 is 9.59 Å². The number of carbonyl (C=O) groups excluding carboxylic acids is 2. The van der Waals surface area contributed by atoms with Crippen molar-refractivity contribution in [3.05, 3.63) is 35.4 Å². The lowest BCUT2D eigenvalue weighted by molar-refractivity contribution is -0.136. The molecule has 1 aliphatic heterocycles. The van der Waals surface area contributed by atoms with Gasteiger partial charge in [0.05, 0.1) is 4.83 Å². The second-order valence-electron chi connectivity index (χ2n) is 5.74. The van der Waals surface area contributed by atoms with Crippen molar-refractivity contribution in [2.75, 3.05) is 5.88 Å². The Balaban J connectivity index is 2.23. The van der Waals surface area contributed by atoms with Crippen LogP contribution in [0.4, 0.5) is 0 Å². The van der Waals surface area contributed by atoms with Gasteiger partial charge in [0.2, 0.25) is 5.91 Å². The van der Waals surface area contributed by atoms with Gasteiger partial charge in [0.1, 0.15) is 5.92 Å². The number of benzene rings is 1. The molecule has 1 N–H and O–H groups in total. The molecule has 1 aromatic rings. The minimum atomic E-state index is -0.693. The van der Waals surface area contributed by atoms with E-state index in [1.54, 1.807) is 0 Å². The molecular weight excluding hydrogens is 342 g/mol. The molecule has 1 heterocycles. The molecule has 2 unspecified atom stereocenters. The Morgan fingerprint density at radius 3 is 2.45 bits per heavy atom. The maximum Gasteiger partial charge on any atom is 0.235 e. The molecule has 0 aromatic heterocycles. The third-order valence-electron chi connectivity index (χ3n) is 3.43. The van der Waals surface area contributed by atoms with Crippen LogP contribution in [0.15, 0.2) is 24.3 Å². The number of rotatable bonds is 3. The number of hydrogen-bond donors (Lipinski definition) is 1. The van der Waals surface area contributed by atoms with E-state index in [1.165, 1.54) is 0 Å². The zero-order valence-corrected chi connectivity index (χ0v) is 13.8. The molecular formula is C15H17BrClNO2. The van der Waals surface area contributed by atoms with Gasteiger partial charge in [0, 0.05) is 17.8 Å². The van der Waals surface area contributed by atoms with Crippen molar-refractivity contribution in [3.63, 3.8) is 0 Å². The zero-order valence-electron chi connectivity index (χ0n) is 11.5. The van der Waals surface area contributed by atoms with Gasteiger partial charge in [0.25, 0.3) is 0 Å². The molecule has 5 heteroatoms. The first-order chi connectivity index (χ1) is 9.34. The monoisotopic (exact) mass is 357 g/mol. The van der Waals surface area contributed by atoms with Crippen LogP contribution in [0.5, 0.6) is 0 Å². The van der Waals surface area contributed by atoms with E-state index in [-0.39, 0.29) is 16.5 Å². The van der Waals surface area contributed by atoms with Crippen LogP contribution in [-0.4, -0.2) is 23.1 Å². The van der Waals surface area contributed by atoms with Crippen molar-refractivity contribution in [2.45, 2.75) is 36.6 Å². The summed E-state index contributed by atoms with van der Waals surface area (Å²) < 4.78 is 0. The van der Waals surface area contributed by atoms with Crippen molar-refractivity contribution >= 4 is 39.2 Å². The Kier molecular flexibility index (Phi) is 4.55. The molecule has 2 rings (SSSR count). The van der Waals surface area contributed by atoms with E-state index >= 15 is 0 Å². The number of Topliss-reactive ketones (excluding diaryl/α,β-unsaturated/α-hetero) is 1. The molecule has 1 fully saturated rings. The highest BCUT2D eigenvalue weighted by molar-refractivity contribution is 9.09. The molecule has 0 bridgehead atoms. The summed E-state index contributed by atoms with van der Waals surface area (Å²) >= 11 is 9.25. The Hall–Kier alpha value is -0.870. The van der Waals surface area contributed by atoms with Gasteiger partial charge in [-0.15, -0.1) is 11.6 Å². The largest absolute Gasteiger partial charge is 0.350 e. The minimum Gasteiger partial charge on any atom is -0.350 e. The Morgan fingerprint density at radius 1 is 1.35 bits per heavy atom. The van der Waals surface area contributed by atoms with Crippen molar-refractivity contribution in [2.24, 2.45) is 0 Å². The second kappa shape index (κ2) is 5.86. The molecule has 1 amide bonds. The van der Waals surface area contributed by atoms with Crippen LogP contribution in [0.2, 0.25) is 0 Å². The maximum atomic E-state index is 12.2. The Morgan fingerprint density at radius 2 is 1.95 bits per heavy atom. The summed E-state index contributed by atoms with van der Waals surface area (Å²) in [5, 5.41) is 2.89. The third-order valence-corrected chi connectivity index (χ3v) is 4.96. The highest BCUT2D eigenvalue weighted by Gasteiger charge is 2.39. The molecule has 20 heavy (non-hydrogen) atoms. The fourth-order valence-corrected chi connectivity index (χ4v) is 2.94. The summed E-state index contributed by atoms with van der Waals surface area (Å²) in [6.07, 6.45) is 0.355. The summed E-state index contributed by atoms with van der Waals surface area (Å²) in [6, 6.07) is 7.46. The number of carbonyl (C=O) groups is 2. The van der Waals surface area contributed by atoms with Crippen LogP contribution in [0.3, 0.4) is 0 Å². The van der Waals surface area contributed by atoms with Gasteiger partial charge < -0.3 is 5.32 Å². The van der Waals surface area contributed by atoms with Gasteiger partial charge >= 0.3 is 0 Å². The molecule has 0 radical (unpaired) electrons. The molecule has 1 aliphatic rings. The quantitative estimate of drug-likeness (QED) is 0.665. The Labute approximate surface area is 132 Å². The lowest BCUT2D eigenvalue weighted by atomic mass is 9.81. The molecule has 0 saturated carbocycles. The maximum absolute atomic E-state index is 12.2. The number of amides is 1. The van der Waals surface area contributed by atoms with Gasteiger partial charge in [-0.3, -0.25) is 9.59 Å². The van der Waals surface area contributed by atoms with Gasteiger partial charge in [-0.1, -0.05) is 40.2 Å². The molecule has 1 aromatic carbocycles. The van der Waals surface area contributed by atoms with E-state index in [9.17, 15) is 9.59 Å². The van der Waals surface area contributed by atoms with Crippen LogP contribution in [0.25, 0.3) is 0 Å². The number of alkyl halides is 2. The van der Waals surface area contributed by atoms with Crippen LogP contribution < -0.4 is 5.32 Å². The summed E-state index contributed by atoms with van der Waals surface area (Å²) in [5.74, 6) is -0.469. The molecule has 1 saturated heterocycles. The van der Waals surface area contributed by atoms with Crippen LogP contribution in [-0.2, 0) is 9.59 Å². The number of piperidine rings is 1. The fraction of sp³-hybridized carbons (Fsp3) is 0.467. The van der Waals surface area contributed by atoms with Crippen LogP contribution >= 0.6 is 27.5 Å². The number of halogens is 2. The number of ketones is 1. The second-order valence-corrected chi connectivity index (χ2v) is 7.15. The lowest BCUT2D eigenvalue weighted by Gasteiger charge is -2.34. The summed E-state index contributed by atoms with van der Waals surface area (Å²) in [7, 11) is 0. The van der Waals surface area contributed by atoms with E-state index in [1.807, 2.05) is 38.1 Å². The average molecular weight is 359 g/mol. The number of nitrogens with one attached hydrogen (secondary N) is 1. The topological polar surface area (TPSA) is 46.2 Å². The molecule has 0 spiro atoms. The van der Waals surface area contributed by atoms with E-state index in [4.69, 9.17) is 11.6 Å². The number of hydrogen-bond acceptors (Lipinski definition) is 2. The molecule has 108 valence electrons. The molecule has 0 aliphatic carbocycles. The first kappa shape index (κ1) is 15.5. The van der Waals surface area contributed by atoms with Crippen molar-refractivity contribution in [1.29, 1.82) is 0 Å². The van der Waals surface area contributed by atoms with Crippen molar-refractivity contribution in [3.8, 4) is 0 Å². The van der Waals surface area contributed by atoms with E-state index in [0.717, 1.165) is 11.1 Å². The zero-order chi connectivity index (χ0) is 14.9. The predicted octanol–water partition coefficient (Wildman–Crippen LogP) is 3.31. The molecule has 2 atom stereocenters. The highest BCUT2D eigenvalue weighted by Crippen LogP contribution is 2.30. The fourth-order valence-electron chi connectivity index (χ4n) is 2.46. The van der Waals surface area contributed by atoms with Crippen molar-refractivity contribution in [1.82, 2.24) is 5.32 Å². The summed E-state index contributed by atoms with van der Waals surface area (Å²) in [5.41, 5.74) is 1.32. The van der Waals surface area contributed by atoms with Gasteiger partial charge in [-0.2, -0.15) is 0 Å². The first-order valence-electron chi connectivity index (χ1n) is 6.49. The third kappa shape index (κ3) is 3.23. The van der Waals surface area contributed by atoms with Gasteiger partial charge in [-0.05, 0) is 25.0 Å². The highest BCUT2D eigenvalue weighted by atomic mass is 79.9. The normalized spacial score (nSPS) is 23.3. The summed E-state index contributed by atoms with van der Waals surface area (Å²) in [4.78, 5) is 24.4. The predicted molar refractivity (Wildman–Crippen MR) is 83.4 cm³/mol. The Bertz CT molecular complexity index is 507. The van der Waals surface area contributed by atoms with Crippen LogP contribution in [0, 0.1) is 0 Å². The smallest absolute Gasteiger partial charge is 0.235 e. The first-order valence-corrected chi connectivity index (χ1v) is 7.94. The average Bonchev–Trinajstić information content (AvgIpc) is 2.36. The SMILES string of the molecule is CC1(C)CC(=O)C(c2ccc(C(Br)CCl)cc2)C(=O)N1. The lowest BCUT2D eigenvalue weighted by Crippen LogP contribution is -2.53. The summed E-state index contributed by atoms with van der Waals surface area (Å²) in [6.45, 7) is 3.72. The van der Waals surface area contributed by atoms with E-state index < -0.39 is 11.5 Å². The van der Waals surface area contributed by atoms with Gasteiger partial charge in [-0.25, -0.2) is 0 Å². The minimum absolute atomic E-state index is 0.0285. The standard InChI is InChI=1S/C15H17BrClNO2/c1-15(2)7-12(19)13(14(20)18-15)10-5-3-9(4-6-10)11(16)8-17/h3-6,11,13H,7-8H2,1-2H3,(H,18,20). The van der Waals surface area contributed by atoms with E-state index in [2.05, 4.69) is 21.2 Å². The van der Waals surface area contributed by atoms with Crippen LogP contribution in [0.1, 0.15) is 42.1 Å².